The largest absolute Gasteiger partial charge is 0.412 e. The number of amides is 1. The van der Waals surface area contributed by atoms with E-state index in [9.17, 15) is 13.2 Å². The highest BCUT2D eigenvalue weighted by Crippen LogP contribution is 2.17. The van der Waals surface area contributed by atoms with Crippen molar-refractivity contribution in [2.45, 2.75) is 11.3 Å². The van der Waals surface area contributed by atoms with E-state index in [4.69, 9.17) is 9.47 Å². The molecule has 1 amide bonds. The predicted molar refractivity (Wildman–Crippen MR) is 100 cm³/mol. The summed E-state index contributed by atoms with van der Waals surface area (Å²) in [4.78, 5) is 12.0. The molecule has 1 N–H and O–H groups in total. The summed E-state index contributed by atoms with van der Waals surface area (Å²) in [6.07, 6.45) is 0.0506. The molecule has 0 radical (unpaired) electrons. The lowest BCUT2D eigenvalue weighted by Crippen LogP contribution is -2.40. The maximum atomic E-state index is 12.6. The fourth-order valence-corrected chi connectivity index (χ4v) is 4.11. The molecule has 2 aromatic carbocycles. The number of rotatable bonds is 6. The van der Waals surface area contributed by atoms with E-state index in [0.29, 0.717) is 45.0 Å². The number of carbonyl (C=O) groups excluding carboxylic acids is 1. The van der Waals surface area contributed by atoms with Crippen LogP contribution in [0.5, 0.6) is 5.75 Å². The number of para-hydroxylation sites is 1. The topological polar surface area (TPSA) is 84.9 Å². The smallest absolute Gasteiger partial charge is 0.410 e. The van der Waals surface area contributed by atoms with Gasteiger partial charge < -0.3 is 14.8 Å². The van der Waals surface area contributed by atoms with Gasteiger partial charge >= 0.3 is 6.09 Å². The third kappa shape index (κ3) is 5.29. The molecule has 1 aliphatic rings. The normalized spacial score (nSPS) is 15.3. The van der Waals surface area contributed by atoms with Crippen molar-refractivity contribution in [1.82, 2.24) is 9.62 Å². The van der Waals surface area contributed by atoms with E-state index in [1.54, 1.807) is 48.5 Å². The summed E-state index contributed by atoms with van der Waals surface area (Å²) < 4.78 is 36.9. The van der Waals surface area contributed by atoms with Crippen LogP contribution in [-0.2, 0) is 21.2 Å². The van der Waals surface area contributed by atoms with Crippen LogP contribution in [0.4, 0.5) is 4.79 Å². The Balaban J connectivity index is 1.49. The minimum atomic E-state index is -3.48. The number of hydrogen-bond acceptors (Lipinski definition) is 5. The molecule has 0 aliphatic carbocycles. The van der Waals surface area contributed by atoms with Crippen LogP contribution < -0.4 is 10.1 Å². The average molecular weight is 390 g/mol. The van der Waals surface area contributed by atoms with E-state index in [0.717, 1.165) is 5.56 Å². The van der Waals surface area contributed by atoms with Gasteiger partial charge in [-0.3, -0.25) is 0 Å². The summed E-state index contributed by atoms with van der Waals surface area (Å²) in [5.41, 5.74) is 0.927. The van der Waals surface area contributed by atoms with Crippen molar-refractivity contribution in [1.29, 1.82) is 0 Å². The molecular formula is C19H22N2O5S. The Kier molecular flexibility index (Phi) is 6.44. The summed E-state index contributed by atoms with van der Waals surface area (Å²) in [6, 6.07) is 15.5. The van der Waals surface area contributed by atoms with Crippen molar-refractivity contribution in [3.8, 4) is 5.75 Å². The quantitative estimate of drug-likeness (QED) is 0.816. The molecule has 0 aromatic heterocycles. The van der Waals surface area contributed by atoms with Crippen LogP contribution in [0.15, 0.2) is 59.5 Å². The predicted octanol–water partition coefficient (Wildman–Crippen LogP) is 2.04. The van der Waals surface area contributed by atoms with E-state index in [2.05, 4.69) is 5.32 Å². The first-order chi connectivity index (χ1) is 13.1. The molecule has 27 heavy (non-hydrogen) atoms. The van der Waals surface area contributed by atoms with Gasteiger partial charge in [0.05, 0.1) is 18.1 Å². The van der Waals surface area contributed by atoms with E-state index < -0.39 is 16.1 Å². The van der Waals surface area contributed by atoms with Crippen molar-refractivity contribution in [3.63, 3.8) is 0 Å². The van der Waals surface area contributed by atoms with E-state index in [1.165, 1.54) is 4.31 Å². The van der Waals surface area contributed by atoms with Gasteiger partial charge in [-0.15, -0.1) is 0 Å². The standard InChI is InChI=1S/C19H22N2O5S/c22-19(26-17-4-2-1-3-5-17)20-11-10-16-6-8-18(9-7-16)27(23,24)21-12-14-25-15-13-21/h1-9H,10-15H2,(H,20,22). The molecule has 0 saturated carbocycles. The van der Waals surface area contributed by atoms with Crippen LogP contribution in [-0.4, -0.2) is 51.7 Å². The zero-order valence-electron chi connectivity index (χ0n) is 14.8. The van der Waals surface area contributed by atoms with Gasteiger partial charge in [0.25, 0.3) is 0 Å². The zero-order chi connectivity index (χ0) is 19.1. The van der Waals surface area contributed by atoms with E-state index in [-0.39, 0.29) is 4.90 Å². The van der Waals surface area contributed by atoms with Gasteiger partial charge in [0.15, 0.2) is 0 Å². The highest BCUT2D eigenvalue weighted by Gasteiger charge is 2.25. The number of morpholine rings is 1. The molecule has 144 valence electrons. The lowest BCUT2D eigenvalue weighted by atomic mass is 10.1. The Morgan fingerprint density at radius 2 is 1.70 bits per heavy atom. The SMILES string of the molecule is O=C(NCCc1ccc(S(=O)(=O)N2CCOCC2)cc1)Oc1ccccc1. The van der Waals surface area contributed by atoms with Gasteiger partial charge in [-0.25, -0.2) is 13.2 Å². The fourth-order valence-electron chi connectivity index (χ4n) is 2.70. The van der Waals surface area contributed by atoms with E-state index in [1.807, 2.05) is 6.07 Å². The molecule has 1 heterocycles. The Labute approximate surface area is 158 Å². The van der Waals surface area contributed by atoms with Crippen molar-refractivity contribution in [2.24, 2.45) is 0 Å². The number of carbonyl (C=O) groups is 1. The van der Waals surface area contributed by atoms with Gasteiger partial charge in [0.2, 0.25) is 10.0 Å². The van der Waals surface area contributed by atoms with Crippen molar-refractivity contribution < 1.29 is 22.7 Å². The van der Waals surface area contributed by atoms with Crippen molar-refractivity contribution >= 4 is 16.1 Å². The van der Waals surface area contributed by atoms with Gasteiger partial charge in [-0.1, -0.05) is 30.3 Å². The maximum Gasteiger partial charge on any atom is 0.412 e. The summed E-state index contributed by atoms with van der Waals surface area (Å²) in [7, 11) is -3.48. The van der Waals surface area contributed by atoms with Crippen molar-refractivity contribution in [2.75, 3.05) is 32.8 Å². The number of sulfonamides is 1. The first-order valence-electron chi connectivity index (χ1n) is 8.73. The monoisotopic (exact) mass is 390 g/mol. The lowest BCUT2D eigenvalue weighted by Gasteiger charge is -2.26. The van der Waals surface area contributed by atoms with Crippen LogP contribution in [0.2, 0.25) is 0 Å². The van der Waals surface area contributed by atoms with Crippen LogP contribution in [0.25, 0.3) is 0 Å². The lowest BCUT2D eigenvalue weighted by molar-refractivity contribution is 0.0730. The van der Waals surface area contributed by atoms with Gasteiger partial charge in [-0.05, 0) is 36.2 Å². The first-order valence-corrected chi connectivity index (χ1v) is 10.2. The molecule has 7 nitrogen and oxygen atoms in total. The number of ether oxygens (including phenoxy) is 2. The Hall–Kier alpha value is -2.42. The fraction of sp³-hybridized carbons (Fsp3) is 0.316. The Bertz CT molecular complexity index is 847. The molecule has 1 fully saturated rings. The molecular weight excluding hydrogens is 368 g/mol. The molecule has 0 atom stereocenters. The second kappa shape index (κ2) is 8.98. The highest BCUT2D eigenvalue weighted by atomic mass is 32.2. The van der Waals surface area contributed by atoms with Crippen LogP contribution in [0.1, 0.15) is 5.56 Å². The van der Waals surface area contributed by atoms with Crippen LogP contribution >= 0.6 is 0 Å². The average Bonchev–Trinajstić information content (AvgIpc) is 2.70. The molecule has 3 rings (SSSR count). The number of benzene rings is 2. The van der Waals surface area contributed by atoms with Gasteiger partial charge in [0.1, 0.15) is 5.75 Å². The molecule has 2 aromatic rings. The molecule has 0 bridgehead atoms. The highest BCUT2D eigenvalue weighted by molar-refractivity contribution is 7.89. The minimum absolute atomic E-state index is 0.268. The Morgan fingerprint density at radius 3 is 2.37 bits per heavy atom. The maximum absolute atomic E-state index is 12.6. The molecule has 0 spiro atoms. The second-order valence-corrected chi connectivity index (χ2v) is 7.98. The Morgan fingerprint density at radius 1 is 1.04 bits per heavy atom. The van der Waals surface area contributed by atoms with Gasteiger partial charge in [-0.2, -0.15) is 4.31 Å². The number of nitrogens with zero attached hydrogens (tertiary/aromatic N) is 1. The molecule has 8 heteroatoms. The zero-order valence-corrected chi connectivity index (χ0v) is 15.7. The van der Waals surface area contributed by atoms with E-state index >= 15 is 0 Å². The molecule has 1 saturated heterocycles. The summed E-state index contributed by atoms with van der Waals surface area (Å²) in [5, 5.41) is 2.67. The number of hydrogen-bond donors (Lipinski definition) is 1. The van der Waals surface area contributed by atoms with Crippen LogP contribution in [0.3, 0.4) is 0 Å². The first kappa shape index (κ1) is 19.3. The third-order valence-corrected chi connectivity index (χ3v) is 6.08. The second-order valence-electron chi connectivity index (χ2n) is 6.04. The van der Waals surface area contributed by atoms with Gasteiger partial charge in [0, 0.05) is 19.6 Å². The summed E-state index contributed by atoms with van der Waals surface area (Å²) in [5.74, 6) is 0.479. The number of nitrogens with one attached hydrogen (secondary N) is 1. The molecule has 1 aliphatic heterocycles. The minimum Gasteiger partial charge on any atom is -0.410 e. The van der Waals surface area contributed by atoms with Crippen molar-refractivity contribution in [3.05, 3.63) is 60.2 Å². The van der Waals surface area contributed by atoms with Crippen LogP contribution in [0, 0.1) is 0 Å². The molecule has 0 unspecified atom stereocenters. The summed E-state index contributed by atoms with van der Waals surface area (Å²) >= 11 is 0. The third-order valence-electron chi connectivity index (χ3n) is 4.17. The summed E-state index contributed by atoms with van der Waals surface area (Å²) in [6.45, 7) is 1.97.